The van der Waals surface area contributed by atoms with E-state index in [9.17, 15) is 0 Å². The Hall–Kier alpha value is -2.27. The maximum absolute atomic E-state index is 6.54. The number of thiophene rings is 1. The lowest BCUT2D eigenvalue weighted by Gasteiger charge is -2.38. The van der Waals surface area contributed by atoms with Gasteiger partial charge in [0.15, 0.2) is 0 Å². The molecule has 4 aliphatic rings. The van der Waals surface area contributed by atoms with Crippen LogP contribution in [0.15, 0.2) is 23.8 Å². The number of hydrogen-bond acceptors (Lipinski definition) is 9. The number of nitrogens with one attached hydrogen (secondary N) is 1. The van der Waals surface area contributed by atoms with Crippen molar-refractivity contribution in [2.45, 2.75) is 88.4 Å². The molecule has 1 N–H and O–H groups in total. The average molecular weight is 552 g/mol. The summed E-state index contributed by atoms with van der Waals surface area (Å²) < 4.78 is 14.2. The van der Waals surface area contributed by atoms with Gasteiger partial charge in [0.05, 0.1) is 36.5 Å². The molecule has 7 rings (SSSR count). The highest BCUT2D eigenvalue weighted by atomic mass is 32.1. The van der Waals surface area contributed by atoms with E-state index >= 15 is 0 Å². The van der Waals surface area contributed by atoms with E-state index in [4.69, 9.17) is 24.5 Å². The van der Waals surface area contributed by atoms with Crippen molar-refractivity contribution < 1.29 is 9.47 Å². The van der Waals surface area contributed by atoms with Gasteiger partial charge in [-0.3, -0.25) is 9.58 Å². The summed E-state index contributed by atoms with van der Waals surface area (Å²) in [6.45, 7) is 6.21. The van der Waals surface area contributed by atoms with E-state index in [1.807, 2.05) is 6.20 Å². The third-order valence-electron chi connectivity index (χ3n) is 9.35. The molecule has 0 aromatic carbocycles. The molecule has 2 saturated carbocycles. The van der Waals surface area contributed by atoms with Crippen LogP contribution in [0.1, 0.15) is 70.3 Å². The number of morpholine rings is 1. The van der Waals surface area contributed by atoms with Crippen molar-refractivity contribution in [2.75, 3.05) is 44.7 Å². The Labute approximate surface area is 234 Å². The Morgan fingerprint density at radius 1 is 0.846 bits per heavy atom. The lowest BCUT2D eigenvalue weighted by atomic mass is 9.91. The third-order valence-corrected chi connectivity index (χ3v) is 10.2. The summed E-state index contributed by atoms with van der Waals surface area (Å²) in [7, 11) is 0. The van der Waals surface area contributed by atoms with Gasteiger partial charge in [0.25, 0.3) is 0 Å². The molecule has 2 aliphatic heterocycles. The van der Waals surface area contributed by atoms with Crippen LogP contribution in [0.2, 0.25) is 0 Å². The van der Waals surface area contributed by atoms with Gasteiger partial charge < -0.3 is 19.7 Å². The third kappa shape index (κ3) is 5.80. The number of rotatable bonds is 7. The van der Waals surface area contributed by atoms with Gasteiger partial charge in [0, 0.05) is 44.5 Å². The molecule has 0 amide bonds. The minimum absolute atomic E-state index is 0.200. The summed E-state index contributed by atoms with van der Waals surface area (Å²) in [4.78, 5) is 15.9. The van der Waals surface area contributed by atoms with Gasteiger partial charge in [-0.2, -0.15) is 10.1 Å². The Balaban J connectivity index is 0.980. The molecule has 5 heterocycles. The Morgan fingerprint density at radius 2 is 1.59 bits per heavy atom. The largest absolute Gasteiger partial charge is 0.474 e. The van der Waals surface area contributed by atoms with Crippen LogP contribution in [-0.2, 0) is 4.74 Å². The molecule has 0 unspecified atom stereocenters. The Kier molecular flexibility index (Phi) is 7.69. The number of piperidine rings is 1. The first-order valence-electron chi connectivity index (χ1n) is 15.1. The van der Waals surface area contributed by atoms with Gasteiger partial charge >= 0.3 is 0 Å². The van der Waals surface area contributed by atoms with E-state index in [0.717, 1.165) is 61.1 Å². The summed E-state index contributed by atoms with van der Waals surface area (Å²) >= 11 is 1.63. The molecular weight excluding hydrogens is 510 g/mol. The quantitative estimate of drug-likeness (QED) is 0.428. The van der Waals surface area contributed by atoms with E-state index in [1.54, 1.807) is 11.3 Å². The first kappa shape index (κ1) is 25.7. The van der Waals surface area contributed by atoms with Crippen LogP contribution in [0, 0.1) is 0 Å². The van der Waals surface area contributed by atoms with Crippen LogP contribution >= 0.6 is 11.3 Å². The van der Waals surface area contributed by atoms with Crippen LogP contribution in [-0.4, -0.2) is 87.1 Å². The van der Waals surface area contributed by atoms with E-state index in [0.29, 0.717) is 23.9 Å². The molecule has 10 heteroatoms. The molecule has 0 spiro atoms. The standard InChI is InChI=1S/C29H41N7O2S/c1-2-4-22(3-1)34-12-9-24(10-13-34)36-20-21(19-30-36)31-29-32-27(26-11-18-39-28(26)33-29)38-25-7-5-23(6-8-25)35-14-16-37-17-15-35/h11,18-20,22-25H,1-10,12-17H2,(H,31,32,33). The summed E-state index contributed by atoms with van der Waals surface area (Å²) in [5.74, 6) is 1.28. The first-order chi connectivity index (χ1) is 19.3. The Morgan fingerprint density at radius 3 is 2.38 bits per heavy atom. The summed E-state index contributed by atoms with van der Waals surface area (Å²) in [5, 5.41) is 11.2. The van der Waals surface area contributed by atoms with E-state index < -0.39 is 0 Å². The smallest absolute Gasteiger partial charge is 0.232 e. The molecule has 9 nitrogen and oxygen atoms in total. The number of nitrogens with zero attached hydrogens (tertiary/aromatic N) is 6. The zero-order valence-electron chi connectivity index (χ0n) is 22.8. The molecule has 3 aromatic heterocycles. The van der Waals surface area contributed by atoms with Gasteiger partial charge in [-0.05, 0) is 62.8 Å². The van der Waals surface area contributed by atoms with Crippen LogP contribution in [0.4, 0.5) is 11.6 Å². The number of fused-ring (bicyclic) bond motifs is 1. The second-order valence-electron chi connectivity index (χ2n) is 11.7. The van der Waals surface area contributed by atoms with Crippen molar-refractivity contribution in [3.05, 3.63) is 23.8 Å². The van der Waals surface area contributed by atoms with Gasteiger partial charge in [-0.15, -0.1) is 11.3 Å². The predicted octanol–water partition coefficient (Wildman–Crippen LogP) is 5.23. The van der Waals surface area contributed by atoms with Crippen molar-refractivity contribution in [3.8, 4) is 5.88 Å². The normalized spacial score (nSPS) is 26.4. The van der Waals surface area contributed by atoms with Crippen molar-refractivity contribution in [1.82, 2.24) is 29.5 Å². The Bertz CT molecular complexity index is 1220. The highest BCUT2D eigenvalue weighted by molar-refractivity contribution is 7.16. The number of ether oxygens (including phenoxy) is 2. The molecule has 0 radical (unpaired) electrons. The number of hydrogen-bond donors (Lipinski definition) is 1. The van der Waals surface area contributed by atoms with E-state index in [2.05, 4.69) is 37.4 Å². The second-order valence-corrected chi connectivity index (χ2v) is 12.6. The maximum atomic E-state index is 6.54. The van der Waals surface area contributed by atoms with Gasteiger partial charge in [0.1, 0.15) is 10.9 Å². The highest BCUT2D eigenvalue weighted by Crippen LogP contribution is 2.34. The number of aromatic nitrogens is 4. The van der Waals surface area contributed by atoms with Gasteiger partial charge in [-0.1, -0.05) is 12.8 Å². The molecule has 210 valence electrons. The lowest BCUT2D eigenvalue weighted by molar-refractivity contribution is -0.00124. The SMILES string of the molecule is c1cc2c(OC3CCC(N4CCOCC4)CC3)nc(Nc3cnn(C4CCN(C5CCCC5)CC4)c3)nc2s1. The van der Waals surface area contributed by atoms with Crippen LogP contribution in [0.5, 0.6) is 5.88 Å². The zero-order chi connectivity index (χ0) is 26.0. The summed E-state index contributed by atoms with van der Waals surface area (Å²) in [6.07, 6.45) is 16.6. The zero-order valence-corrected chi connectivity index (χ0v) is 23.7. The predicted molar refractivity (Wildman–Crippen MR) is 154 cm³/mol. The monoisotopic (exact) mass is 551 g/mol. The average Bonchev–Trinajstić information content (AvgIpc) is 3.77. The number of anilines is 2. The molecule has 0 bridgehead atoms. The van der Waals surface area contributed by atoms with Crippen molar-refractivity contribution in [2.24, 2.45) is 0 Å². The van der Waals surface area contributed by atoms with Crippen LogP contribution in [0.25, 0.3) is 10.2 Å². The maximum Gasteiger partial charge on any atom is 0.232 e. The van der Waals surface area contributed by atoms with E-state index in [-0.39, 0.29) is 6.10 Å². The molecule has 2 saturated heterocycles. The summed E-state index contributed by atoms with van der Waals surface area (Å²) in [6, 6.07) is 4.02. The molecule has 39 heavy (non-hydrogen) atoms. The molecular formula is C29H41N7O2S. The molecule has 2 aliphatic carbocycles. The molecule has 4 fully saturated rings. The fourth-order valence-electron chi connectivity index (χ4n) is 7.12. The molecule has 0 atom stereocenters. The van der Waals surface area contributed by atoms with Crippen molar-refractivity contribution in [3.63, 3.8) is 0 Å². The second kappa shape index (κ2) is 11.7. The lowest BCUT2D eigenvalue weighted by Crippen LogP contribution is -2.46. The molecule has 3 aromatic rings. The van der Waals surface area contributed by atoms with Gasteiger partial charge in [0.2, 0.25) is 11.8 Å². The first-order valence-corrected chi connectivity index (χ1v) is 16.0. The fourth-order valence-corrected chi connectivity index (χ4v) is 7.87. The van der Waals surface area contributed by atoms with Crippen LogP contribution < -0.4 is 10.1 Å². The minimum atomic E-state index is 0.200. The fraction of sp³-hybridized carbons (Fsp3) is 0.690. The summed E-state index contributed by atoms with van der Waals surface area (Å²) in [5.41, 5.74) is 0.932. The highest BCUT2D eigenvalue weighted by Gasteiger charge is 2.30. The number of likely N-dealkylation sites (tertiary alicyclic amines) is 1. The van der Waals surface area contributed by atoms with Gasteiger partial charge in [-0.25, -0.2) is 4.98 Å². The minimum Gasteiger partial charge on any atom is -0.474 e. The van der Waals surface area contributed by atoms with Crippen LogP contribution in [0.3, 0.4) is 0 Å². The van der Waals surface area contributed by atoms with Crippen molar-refractivity contribution >= 4 is 33.2 Å². The van der Waals surface area contributed by atoms with E-state index in [1.165, 1.54) is 64.5 Å². The van der Waals surface area contributed by atoms with Crippen molar-refractivity contribution in [1.29, 1.82) is 0 Å². The topological polar surface area (TPSA) is 80.6 Å².